The van der Waals surface area contributed by atoms with Gasteiger partial charge >= 0.3 is 0 Å². The topological polar surface area (TPSA) is 41.1 Å². The highest BCUT2D eigenvalue weighted by molar-refractivity contribution is 5.78. The van der Waals surface area contributed by atoms with Crippen molar-refractivity contribution < 1.29 is 4.79 Å². The van der Waals surface area contributed by atoms with E-state index < -0.39 is 0 Å². The zero-order valence-corrected chi connectivity index (χ0v) is 10.4. The molecule has 0 aliphatic heterocycles. The standard InChI is InChI=1S/C12H24N2O/c1-11(2,3)14-10(15)8-13-9-12(4)6-5-7-12/h13H,5-9H2,1-4H3,(H,14,15). The normalized spacial score (nSPS) is 19.5. The number of hydrogen-bond donors (Lipinski definition) is 2. The molecular formula is C12H24N2O. The summed E-state index contributed by atoms with van der Waals surface area (Å²) in [6, 6.07) is 0. The third-order valence-corrected chi connectivity index (χ3v) is 2.91. The fraction of sp³-hybridized carbons (Fsp3) is 0.917. The van der Waals surface area contributed by atoms with Crippen LogP contribution in [0.4, 0.5) is 0 Å². The van der Waals surface area contributed by atoms with E-state index in [1.54, 1.807) is 0 Å². The molecule has 0 aromatic rings. The van der Waals surface area contributed by atoms with E-state index in [0.29, 0.717) is 12.0 Å². The van der Waals surface area contributed by atoms with Gasteiger partial charge in [-0.1, -0.05) is 13.3 Å². The van der Waals surface area contributed by atoms with Gasteiger partial charge in [0.25, 0.3) is 0 Å². The molecule has 3 nitrogen and oxygen atoms in total. The van der Waals surface area contributed by atoms with Gasteiger partial charge in [0.15, 0.2) is 0 Å². The predicted octanol–water partition coefficient (Wildman–Crippen LogP) is 1.68. The fourth-order valence-electron chi connectivity index (χ4n) is 1.90. The van der Waals surface area contributed by atoms with Crippen molar-refractivity contribution in [3.05, 3.63) is 0 Å². The lowest BCUT2D eigenvalue weighted by molar-refractivity contribution is -0.121. The van der Waals surface area contributed by atoms with E-state index in [-0.39, 0.29) is 11.4 Å². The van der Waals surface area contributed by atoms with E-state index in [2.05, 4.69) is 17.6 Å². The molecule has 3 heteroatoms. The van der Waals surface area contributed by atoms with Crippen molar-refractivity contribution >= 4 is 5.91 Å². The molecule has 0 radical (unpaired) electrons. The minimum atomic E-state index is -0.126. The molecule has 0 aromatic heterocycles. The molecule has 0 bridgehead atoms. The molecule has 15 heavy (non-hydrogen) atoms. The van der Waals surface area contributed by atoms with Crippen LogP contribution in [0.25, 0.3) is 0 Å². The van der Waals surface area contributed by atoms with E-state index in [0.717, 1.165) is 6.54 Å². The summed E-state index contributed by atoms with van der Waals surface area (Å²) in [5.74, 6) is 0.0884. The maximum atomic E-state index is 11.5. The van der Waals surface area contributed by atoms with Gasteiger partial charge in [0.05, 0.1) is 6.54 Å². The van der Waals surface area contributed by atoms with Crippen molar-refractivity contribution in [2.75, 3.05) is 13.1 Å². The summed E-state index contributed by atoms with van der Waals surface area (Å²) in [6.07, 6.45) is 3.92. The Labute approximate surface area is 93.0 Å². The van der Waals surface area contributed by atoms with Gasteiger partial charge < -0.3 is 10.6 Å². The Hall–Kier alpha value is -0.570. The summed E-state index contributed by atoms with van der Waals surface area (Å²) in [5, 5.41) is 6.18. The van der Waals surface area contributed by atoms with Gasteiger partial charge in [0, 0.05) is 12.1 Å². The quantitative estimate of drug-likeness (QED) is 0.744. The van der Waals surface area contributed by atoms with Gasteiger partial charge in [0.2, 0.25) is 5.91 Å². The van der Waals surface area contributed by atoms with Crippen molar-refractivity contribution in [2.24, 2.45) is 5.41 Å². The van der Waals surface area contributed by atoms with Crippen LogP contribution in [0, 0.1) is 5.41 Å². The molecule has 1 rings (SSSR count). The molecule has 1 amide bonds. The lowest BCUT2D eigenvalue weighted by atomic mass is 9.70. The van der Waals surface area contributed by atoms with E-state index in [4.69, 9.17) is 0 Å². The predicted molar refractivity (Wildman–Crippen MR) is 62.7 cm³/mol. The van der Waals surface area contributed by atoms with Crippen molar-refractivity contribution in [1.82, 2.24) is 10.6 Å². The maximum absolute atomic E-state index is 11.5. The molecule has 0 spiro atoms. The maximum Gasteiger partial charge on any atom is 0.234 e. The number of hydrogen-bond acceptors (Lipinski definition) is 2. The van der Waals surface area contributed by atoms with Crippen molar-refractivity contribution in [1.29, 1.82) is 0 Å². The van der Waals surface area contributed by atoms with E-state index >= 15 is 0 Å². The Balaban J connectivity index is 2.12. The first kappa shape index (κ1) is 12.5. The highest BCUT2D eigenvalue weighted by Crippen LogP contribution is 2.39. The van der Waals surface area contributed by atoms with Gasteiger partial charge in [-0.15, -0.1) is 0 Å². The smallest absolute Gasteiger partial charge is 0.234 e. The van der Waals surface area contributed by atoms with Crippen LogP contribution in [0.3, 0.4) is 0 Å². The van der Waals surface area contributed by atoms with Gasteiger partial charge in [-0.05, 0) is 39.0 Å². The average Bonchev–Trinajstić information content (AvgIpc) is 1.97. The molecule has 0 unspecified atom stereocenters. The van der Waals surface area contributed by atoms with Gasteiger partial charge in [-0.3, -0.25) is 4.79 Å². The molecule has 0 heterocycles. The number of nitrogens with one attached hydrogen (secondary N) is 2. The Morgan fingerprint density at radius 3 is 2.33 bits per heavy atom. The van der Waals surface area contributed by atoms with E-state index in [1.165, 1.54) is 19.3 Å². The largest absolute Gasteiger partial charge is 0.350 e. The van der Waals surface area contributed by atoms with E-state index in [9.17, 15) is 4.79 Å². The van der Waals surface area contributed by atoms with Crippen LogP contribution in [0.15, 0.2) is 0 Å². The second-order valence-electron chi connectivity index (χ2n) is 6.07. The number of amides is 1. The molecule has 0 saturated heterocycles. The lowest BCUT2D eigenvalue weighted by Gasteiger charge is -2.38. The zero-order valence-electron chi connectivity index (χ0n) is 10.4. The second kappa shape index (κ2) is 4.52. The van der Waals surface area contributed by atoms with E-state index in [1.807, 2.05) is 20.8 Å². The summed E-state index contributed by atoms with van der Waals surface area (Å²) in [5.41, 5.74) is 0.321. The molecule has 1 saturated carbocycles. The lowest BCUT2D eigenvalue weighted by Crippen LogP contribution is -2.47. The highest BCUT2D eigenvalue weighted by atomic mass is 16.2. The van der Waals surface area contributed by atoms with Crippen LogP contribution < -0.4 is 10.6 Å². The monoisotopic (exact) mass is 212 g/mol. The summed E-state index contributed by atoms with van der Waals surface area (Å²) < 4.78 is 0. The van der Waals surface area contributed by atoms with Crippen LogP contribution in [0.2, 0.25) is 0 Å². The van der Waals surface area contributed by atoms with Crippen LogP contribution in [-0.4, -0.2) is 24.5 Å². The average molecular weight is 212 g/mol. The zero-order chi connectivity index (χ0) is 11.5. The van der Waals surface area contributed by atoms with Crippen molar-refractivity contribution in [3.63, 3.8) is 0 Å². The Bertz CT molecular complexity index is 226. The van der Waals surface area contributed by atoms with Crippen LogP contribution in [0.5, 0.6) is 0 Å². The molecule has 0 atom stereocenters. The van der Waals surface area contributed by atoms with Crippen molar-refractivity contribution in [3.8, 4) is 0 Å². The summed E-state index contributed by atoms with van der Waals surface area (Å²) in [4.78, 5) is 11.5. The third kappa shape index (κ3) is 4.65. The van der Waals surface area contributed by atoms with Gasteiger partial charge in [-0.25, -0.2) is 0 Å². The van der Waals surface area contributed by atoms with Crippen LogP contribution >= 0.6 is 0 Å². The molecule has 2 N–H and O–H groups in total. The van der Waals surface area contributed by atoms with Crippen LogP contribution in [-0.2, 0) is 4.79 Å². The first-order chi connectivity index (χ1) is 6.81. The van der Waals surface area contributed by atoms with Crippen LogP contribution in [0.1, 0.15) is 47.0 Å². The highest BCUT2D eigenvalue weighted by Gasteiger charge is 2.31. The first-order valence-electron chi connectivity index (χ1n) is 5.83. The number of carbonyl (C=O) groups excluding carboxylic acids is 1. The first-order valence-corrected chi connectivity index (χ1v) is 5.83. The summed E-state index contributed by atoms with van der Waals surface area (Å²) >= 11 is 0. The second-order valence-corrected chi connectivity index (χ2v) is 6.07. The number of carbonyl (C=O) groups is 1. The Kier molecular flexibility index (Phi) is 3.77. The molecule has 0 aromatic carbocycles. The fourth-order valence-corrected chi connectivity index (χ4v) is 1.90. The Morgan fingerprint density at radius 2 is 1.93 bits per heavy atom. The summed E-state index contributed by atoms with van der Waals surface area (Å²) in [6.45, 7) is 9.68. The Morgan fingerprint density at radius 1 is 1.33 bits per heavy atom. The molecule has 1 fully saturated rings. The SMILES string of the molecule is CC1(CNCC(=O)NC(C)(C)C)CCC1. The molecular weight excluding hydrogens is 188 g/mol. The summed E-state index contributed by atoms with van der Waals surface area (Å²) in [7, 11) is 0. The molecule has 88 valence electrons. The third-order valence-electron chi connectivity index (χ3n) is 2.91. The molecule has 1 aliphatic rings. The molecule has 1 aliphatic carbocycles. The number of rotatable bonds is 4. The van der Waals surface area contributed by atoms with Gasteiger partial charge in [-0.2, -0.15) is 0 Å². The van der Waals surface area contributed by atoms with Gasteiger partial charge in [0.1, 0.15) is 0 Å². The minimum absolute atomic E-state index is 0.0884. The van der Waals surface area contributed by atoms with Crippen molar-refractivity contribution in [2.45, 2.75) is 52.5 Å². The minimum Gasteiger partial charge on any atom is -0.350 e.